The van der Waals surface area contributed by atoms with Gasteiger partial charge in [0.15, 0.2) is 0 Å². The first-order chi connectivity index (χ1) is 9.29. The van der Waals surface area contributed by atoms with Gasteiger partial charge in [-0.05, 0) is 19.8 Å². The molecule has 0 saturated heterocycles. The third kappa shape index (κ3) is 2.17. The predicted octanol–water partition coefficient (Wildman–Crippen LogP) is 2.31. The molecule has 0 unspecified atom stereocenters. The summed E-state index contributed by atoms with van der Waals surface area (Å²) < 4.78 is 0. The number of fused-ring (bicyclic) bond motifs is 1. The zero-order valence-electron chi connectivity index (χ0n) is 10.9. The number of nitrogens with zero attached hydrogens (tertiary/aromatic N) is 3. The van der Waals surface area contributed by atoms with Crippen molar-refractivity contribution in [3.63, 3.8) is 0 Å². The van der Waals surface area contributed by atoms with Crippen LogP contribution in [0.15, 0.2) is 5.38 Å². The van der Waals surface area contributed by atoms with Crippen LogP contribution in [0.25, 0.3) is 0 Å². The molecule has 19 heavy (non-hydrogen) atoms. The van der Waals surface area contributed by atoms with E-state index < -0.39 is 0 Å². The first-order valence-corrected chi connectivity index (χ1v) is 7.68. The Kier molecular flexibility index (Phi) is 2.63. The van der Waals surface area contributed by atoms with Crippen molar-refractivity contribution in [1.82, 2.24) is 20.3 Å². The molecule has 1 aliphatic carbocycles. The van der Waals surface area contributed by atoms with E-state index in [9.17, 15) is 0 Å². The minimum absolute atomic E-state index is 0.688. The van der Waals surface area contributed by atoms with Gasteiger partial charge in [-0.25, -0.2) is 15.0 Å². The third-order valence-corrected chi connectivity index (χ3v) is 4.67. The van der Waals surface area contributed by atoms with E-state index in [2.05, 4.69) is 15.7 Å². The first-order valence-electron chi connectivity index (χ1n) is 6.80. The molecule has 2 aromatic rings. The van der Waals surface area contributed by atoms with Gasteiger partial charge in [-0.2, -0.15) is 0 Å². The van der Waals surface area contributed by atoms with Crippen LogP contribution in [-0.2, 0) is 19.5 Å². The van der Waals surface area contributed by atoms with Crippen molar-refractivity contribution in [1.29, 1.82) is 0 Å². The lowest BCUT2D eigenvalue weighted by Crippen LogP contribution is -2.06. The Balaban J connectivity index is 1.70. The van der Waals surface area contributed by atoms with Gasteiger partial charge in [0.1, 0.15) is 10.8 Å². The number of nitrogens with one attached hydrogen (secondary N) is 1. The number of aryl methyl sites for hydroxylation is 1. The predicted molar refractivity (Wildman–Crippen MR) is 74.2 cm³/mol. The maximum absolute atomic E-state index is 4.83. The van der Waals surface area contributed by atoms with E-state index in [1.165, 1.54) is 29.8 Å². The largest absolute Gasteiger partial charge is 0.307 e. The van der Waals surface area contributed by atoms with Crippen LogP contribution in [0.3, 0.4) is 0 Å². The van der Waals surface area contributed by atoms with Crippen LogP contribution >= 0.6 is 11.3 Å². The van der Waals surface area contributed by atoms with Gasteiger partial charge in [0.2, 0.25) is 0 Å². The van der Waals surface area contributed by atoms with Gasteiger partial charge in [0.05, 0.1) is 17.8 Å². The Morgan fingerprint density at radius 1 is 1.26 bits per heavy atom. The van der Waals surface area contributed by atoms with Crippen molar-refractivity contribution >= 4 is 11.3 Å². The minimum Gasteiger partial charge on any atom is -0.307 e. The van der Waals surface area contributed by atoms with Crippen molar-refractivity contribution in [3.05, 3.63) is 38.9 Å². The molecule has 4 rings (SSSR count). The Labute approximate surface area is 116 Å². The molecule has 1 saturated carbocycles. The number of thiazole rings is 1. The summed E-state index contributed by atoms with van der Waals surface area (Å²) in [5, 5.41) is 6.60. The minimum atomic E-state index is 0.688. The summed E-state index contributed by atoms with van der Waals surface area (Å²) in [6, 6.07) is 0. The summed E-state index contributed by atoms with van der Waals surface area (Å²) in [6.07, 6.45) is 3.35. The van der Waals surface area contributed by atoms with Gasteiger partial charge < -0.3 is 5.32 Å². The van der Waals surface area contributed by atoms with Gasteiger partial charge in [-0.3, -0.25) is 0 Å². The fraction of sp³-hybridized carbons (Fsp3) is 0.500. The molecular formula is C14H16N4S. The van der Waals surface area contributed by atoms with E-state index in [0.717, 1.165) is 36.0 Å². The summed E-state index contributed by atoms with van der Waals surface area (Å²) in [6.45, 7) is 3.86. The summed E-state index contributed by atoms with van der Waals surface area (Å²) in [7, 11) is 0. The van der Waals surface area contributed by atoms with Gasteiger partial charge in [-0.1, -0.05) is 0 Å². The summed E-state index contributed by atoms with van der Waals surface area (Å²) >= 11 is 1.70. The molecular weight excluding hydrogens is 256 g/mol. The fourth-order valence-corrected chi connectivity index (χ4v) is 3.41. The molecule has 0 radical (unpaired) electrons. The molecule has 1 N–H and O–H groups in total. The van der Waals surface area contributed by atoms with Crippen LogP contribution < -0.4 is 5.32 Å². The highest BCUT2D eigenvalue weighted by Crippen LogP contribution is 2.41. The second kappa shape index (κ2) is 4.35. The molecule has 0 bridgehead atoms. The van der Waals surface area contributed by atoms with Crippen LogP contribution in [0.5, 0.6) is 0 Å². The second-order valence-electron chi connectivity index (χ2n) is 5.39. The van der Waals surface area contributed by atoms with Crippen LogP contribution in [0.2, 0.25) is 0 Å². The van der Waals surface area contributed by atoms with E-state index in [0.29, 0.717) is 5.92 Å². The maximum Gasteiger partial charge on any atom is 0.135 e. The van der Waals surface area contributed by atoms with Gasteiger partial charge in [-0.15, -0.1) is 11.3 Å². The molecule has 2 aromatic heterocycles. The monoisotopic (exact) mass is 272 g/mol. The smallest absolute Gasteiger partial charge is 0.135 e. The van der Waals surface area contributed by atoms with Gasteiger partial charge in [0.25, 0.3) is 0 Å². The van der Waals surface area contributed by atoms with Crippen molar-refractivity contribution in [2.75, 3.05) is 0 Å². The topological polar surface area (TPSA) is 50.7 Å². The molecule has 1 fully saturated rings. The summed E-state index contributed by atoms with van der Waals surface area (Å²) in [5.41, 5.74) is 4.96. The van der Waals surface area contributed by atoms with Gasteiger partial charge in [0, 0.05) is 35.6 Å². The standard InChI is InChI=1S/C14H16N4S/c1-8-7-19-13(16-8)4-12-17-11-6-15-5-10(11)14(18-12)9-2-3-9/h7,9,15H,2-6H2,1H3. The fourth-order valence-electron chi connectivity index (χ4n) is 2.64. The molecule has 2 aliphatic rings. The molecule has 0 aromatic carbocycles. The lowest BCUT2D eigenvalue weighted by molar-refractivity contribution is 0.754. The average molecular weight is 272 g/mol. The number of rotatable bonds is 3. The lowest BCUT2D eigenvalue weighted by Gasteiger charge is -2.08. The van der Waals surface area contributed by atoms with E-state index in [4.69, 9.17) is 9.97 Å². The van der Waals surface area contributed by atoms with Crippen molar-refractivity contribution in [3.8, 4) is 0 Å². The van der Waals surface area contributed by atoms with E-state index >= 15 is 0 Å². The SMILES string of the molecule is Cc1csc(Cc2nc3c(c(C4CC4)n2)CNC3)n1. The number of aromatic nitrogens is 3. The third-order valence-electron chi connectivity index (χ3n) is 3.71. The molecule has 1 aliphatic heterocycles. The second-order valence-corrected chi connectivity index (χ2v) is 6.33. The Hall–Kier alpha value is -1.33. The average Bonchev–Trinajstić information content (AvgIpc) is 3.00. The number of hydrogen-bond acceptors (Lipinski definition) is 5. The van der Waals surface area contributed by atoms with Crippen LogP contribution in [-0.4, -0.2) is 15.0 Å². The van der Waals surface area contributed by atoms with Crippen LogP contribution in [0, 0.1) is 6.92 Å². The van der Waals surface area contributed by atoms with E-state index in [-0.39, 0.29) is 0 Å². The molecule has 3 heterocycles. The normalized spacial score (nSPS) is 17.7. The molecule has 0 spiro atoms. The highest BCUT2D eigenvalue weighted by atomic mass is 32.1. The highest BCUT2D eigenvalue weighted by molar-refractivity contribution is 7.09. The van der Waals surface area contributed by atoms with Crippen molar-refractivity contribution < 1.29 is 0 Å². The Morgan fingerprint density at radius 2 is 2.16 bits per heavy atom. The zero-order chi connectivity index (χ0) is 12.8. The van der Waals surface area contributed by atoms with Crippen molar-refractivity contribution in [2.45, 2.75) is 45.2 Å². The molecule has 5 heteroatoms. The highest BCUT2D eigenvalue weighted by Gasteiger charge is 2.31. The molecule has 4 nitrogen and oxygen atoms in total. The summed E-state index contributed by atoms with van der Waals surface area (Å²) in [4.78, 5) is 14.1. The quantitative estimate of drug-likeness (QED) is 0.931. The van der Waals surface area contributed by atoms with Gasteiger partial charge >= 0.3 is 0 Å². The molecule has 0 amide bonds. The Morgan fingerprint density at radius 3 is 2.89 bits per heavy atom. The molecule has 0 atom stereocenters. The number of hydrogen-bond donors (Lipinski definition) is 1. The summed E-state index contributed by atoms with van der Waals surface area (Å²) in [5.74, 6) is 1.63. The van der Waals surface area contributed by atoms with Crippen molar-refractivity contribution in [2.24, 2.45) is 0 Å². The molecule has 98 valence electrons. The van der Waals surface area contributed by atoms with E-state index in [1.54, 1.807) is 11.3 Å². The Bertz CT molecular complexity index is 630. The first kappa shape index (κ1) is 11.5. The zero-order valence-corrected chi connectivity index (χ0v) is 11.8. The van der Waals surface area contributed by atoms with Crippen LogP contribution in [0.4, 0.5) is 0 Å². The van der Waals surface area contributed by atoms with E-state index in [1.807, 2.05) is 6.92 Å². The maximum atomic E-state index is 4.83. The van der Waals surface area contributed by atoms with Crippen LogP contribution in [0.1, 0.15) is 52.2 Å². The lowest BCUT2D eigenvalue weighted by atomic mass is 10.1.